The zero-order valence-electron chi connectivity index (χ0n) is 50.3. The van der Waals surface area contributed by atoms with Crippen molar-refractivity contribution >= 4 is 20.4 Å². The maximum atomic E-state index is 16.4. The summed E-state index contributed by atoms with van der Waals surface area (Å²) in [6.45, 7) is 23.0. The van der Waals surface area contributed by atoms with E-state index in [0.29, 0.717) is 0 Å². The minimum Gasteiger partial charge on any atom is -0.203 e. The van der Waals surface area contributed by atoms with Crippen molar-refractivity contribution in [2.24, 2.45) is 0 Å². The molecule has 0 heterocycles. The predicted octanol–water partition coefficient (Wildman–Crippen LogP) is 22.2. The van der Waals surface area contributed by atoms with E-state index in [0.717, 1.165) is 179 Å². The van der Waals surface area contributed by atoms with Crippen LogP contribution < -0.4 is 0 Å². The number of benzene rings is 4. The summed E-state index contributed by atoms with van der Waals surface area (Å²) >= 11 is 0. The highest BCUT2D eigenvalue weighted by Gasteiger charge is 2.46. The van der Waals surface area contributed by atoms with Gasteiger partial charge in [0.05, 0.1) is 4.90 Å². The minimum atomic E-state index is -4.38. The molecule has 0 spiro atoms. The Bertz CT molecular complexity index is 2020. The molecule has 0 aliphatic heterocycles. The van der Waals surface area contributed by atoms with Gasteiger partial charge in [-0.2, -0.15) is 8.42 Å². The lowest BCUT2D eigenvalue weighted by Gasteiger charge is -2.47. The second-order valence-electron chi connectivity index (χ2n) is 22.7. The van der Waals surface area contributed by atoms with Crippen LogP contribution in [0.5, 0.6) is 0 Å². The maximum absolute atomic E-state index is 16.4. The molecule has 0 saturated carbocycles. The van der Waals surface area contributed by atoms with Crippen LogP contribution in [0.2, 0.25) is 0 Å². The molecule has 0 bridgehead atoms. The Balaban J connectivity index is 2.56. The lowest BCUT2D eigenvalue weighted by Crippen LogP contribution is -2.23. The van der Waals surface area contributed by atoms with Gasteiger partial charge in [0.1, 0.15) is 0 Å². The van der Waals surface area contributed by atoms with Crippen molar-refractivity contribution in [1.82, 2.24) is 0 Å². The molecule has 3 nitrogen and oxygen atoms in total. The van der Waals surface area contributed by atoms with Gasteiger partial charge in [0.2, 0.25) is 0 Å². The highest BCUT2D eigenvalue weighted by molar-refractivity contribution is 8.33. The Morgan fingerprint density at radius 3 is 0.733 bits per heavy atom. The van der Waals surface area contributed by atoms with Gasteiger partial charge < -0.3 is 0 Å². The van der Waals surface area contributed by atoms with E-state index < -0.39 is 20.4 Å². The summed E-state index contributed by atoms with van der Waals surface area (Å²) in [6.07, 6.45) is 39.5. The second kappa shape index (κ2) is 36.3. The third kappa shape index (κ3) is 20.1. The van der Waals surface area contributed by atoms with Crippen molar-refractivity contribution in [1.29, 1.82) is 0 Å². The molecule has 0 N–H and O–H groups in total. The predicted molar refractivity (Wildman–Crippen MR) is 330 cm³/mol. The molecular weight excluding hydrogens is 953 g/mol. The molecule has 5 heteroatoms. The summed E-state index contributed by atoms with van der Waals surface area (Å²) in [5.74, 6) is 0. The summed E-state index contributed by atoms with van der Waals surface area (Å²) in [5.41, 5.74) is 13.5. The molecule has 0 aromatic heterocycles. The van der Waals surface area contributed by atoms with E-state index in [4.69, 9.17) is 3.63 Å². The molecule has 75 heavy (non-hydrogen) atoms. The van der Waals surface area contributed by atoms with E-state index in [-0.39, 0.29) is 4.90 Å². The summed E-state index contributed by atoms with van der Waals surface area (Å²) in [4.78, 5) is 4.03. The van der Waals surface area contributed by atoms with Crippen LogP contribution in [0, 0.1) is 6.92 Å². The fraction of sp³-hybridized carbons (Fsp3) is 0.657. The molecule has 422 valence electrons. The Kier molecular flexibility index (Phi) is 31.3. The largest absolute Gasteiger partial charge is 0.307 e. The van der Waals surface area contributed by atoms with Gasteiger partial charge in [0.25, 0.3) is 0 Å². The molecule has 0 radical (unpaired) electrons. The van der Waals surface area contributed by atoms with E-state index in [1.807, 2.05) is 24.3 Å². The van der Waals surface area contributed by atoms with Gasteiger partial charge in [-0.3, -0.25) is 0 Å². The summed E-state index contributed by atoms with van der Waals surface area (Å²) in [5, 5.41) is 0. The van der Waals surface area contributed by atoms with Crippen LogP contribution in [0.4, 0.5) is 0 Å². The number of unbranched alkanes of at least 4 members (excludes halogenated alkanes) is 18. The van der Waals surface area contributed by atoms with Crippen LogP contribution in [0.25, 0.3) is 0 Å². The average Bonchev–Trinajstić information content (AvgIpc) is 3.39. The summed E-state index contributed by atoms with van der Waals surface area (Å²) in [6, 6.07) is 23.1. The first-order chi connectivity index (χ1) is 36.5. The molecule has 0 fully saturated rings. The average molecular weight is 1070 g/mol. The first kappa shape index (κ1) is 64.7. The number of rotatable bonds is 42. The quantitative estimate of drug-likeness (QED) is 0.0415. The Hall–Kier alpha value is -2.86. The number of hydrogen-bond acceptors (Lipinski definition) is 3. The Labute approximate surface area is 466 Å². The second-order valence-corrected chi connectivity index (χ2v) is 27.0. The van der Waals surface area contributed by atoms with Crippen molar-refractivity contribution in [3.05, 3.63) is 116 Å². The monoisotopic (exact) mass is 1060 g/mol. The topological polar surface area (TPSA) is 43.4 Å². The standard InChI is InChI=1S/C70H112O3S2/c1-11-20-29-38-58-51-61(41-32-23-14-4)68(62(52-58)42-33-24-15-5)74(73-75(71,72)67-49-47-57(10)48-50-67,69-63(43-34-25-16-6)53-59(39-30-21-12-2)54-64(69)44-35-26-17-7)70-65(45-36-27-18-8)55-60(40-31-22-13-3)56-66(70)46-37-28-19-9/h47-56H,11-46H2,1-10H3. The molecule has 0 amide bonds. The van der Waals surface area contributed by atoms with Gasteiger partial charge in [-0.15, -0.1) is 0 Å². The molecule has 4 aromatic rings. The Morgan fingerprint density at radius 1 is 0.307 bits per heavy atom. The van der Waals surface area contributed by atoms with Crippen LogP contribution >= 0.6 is 10.3 Å². The highest BCUT2D eigenvalue weighted by atomic mass is 32.3. The molecule has 0 unspecified atom stereocenters. The zero-order chi connectivity index (χ0) is 54.3. The van der Waals surface area contributed by atoms with Gasteiger partial charge >= 0.3 is 10.1 Å². The van der Waals surface area contributed by atoms with Crippen molar-refractivity contribution in [2.75, 3.05) is 0 Å². The number of hydrogen-bond donors (Lipinski definition) is 0. The van der Waals surface area contributed by atoms with E-state index >= 15 is 8.42 Å². The van der Waals surface area contributed by atoms with E-state index in [1.165, 1.54) is 123 Å². The van der Waals surface area contributed by atoms with Gasteiger partial charge in [-0.25, -0.2) is 3.63 Å². The fourth-order valence-electron chi connectivity index (χ4n) is 11.6. The molecular formula is C70H112O3S2. The van der Waals surface area contributed by atoms with Crippen molar-refractivity contribution in [3.8, 4) is 0 Å². The van der Waals surface area contributed by atoms with Gasteiger partial charge in [0.15, 0.2) is 0 Å². The van der Waals surface area contributed by atoms with Crippen molar-refractivity contribution in [2.45, 2.75) is 320 Å². The molecule has 0 atom stereocenters. The summed E-state index contributed by atoms with van der Waals surface area (Å²) in [7, 11) is -7.45. The van der Waals surface area contributed by atoms with E-state index in [1.54, 1.807) is 0 Å². The Morgan fingerprint density at radius 2 is 0.520 bits per heavy atom. The van der Waals surface area contributed by atoms with E-state index in [2.05, 4.69) is 106 Å². The smallest absolute Gasteiger partial charge is 0.203 e. The van der Waals surface area contributed by atoms with Crippen LogP contribution in [0.3, 0.4) is 0 Å². The first-order valence-electron chi connectivity index (χ1n) is 31.8. The summed E-state index contributed by atoms with van der Waals surface area (Å²) < 4.78 is 41.0. The maximum Gasteiger partial charge on any atom is 0.307 e. The van der Waals surface area contributed by atoms with Crippen LogP contribution in [-0.2, 0) is 71.5 Å². The van der Waals surface area contributed by atoms with Gasteiger partial charge in [0, 0.05) is 14.7 Å². The molecule has 0 aliphatic carbocycles. The van der Waals surface area contributed by atoms with Gasteiger partial charge in [-0.05, 0) is 195 Å². The van der Waals surface area contributed by atoms with E-state index in [9.17, 15) is 0 Å². The highest BCUT2D eigenvalue weighted by Crippen LogP contribution is 2.75. The minimum absolute atomic E-state index is 0.272. The van der Waals surface area contributed by atoms with Crippen molar-refractivity contribution < 1.29 is 12.0 Å². The molecule has 0 saturated heterocycles. The molecule has 4 aromatic carbocycles. The zero-order valence-corrected chi connectivity index (χ0v) is 51.9. The lowest BCUT2D eigenvalue weighted by molar-refractivity contribution is 0.505. The van der Waals surface area contributed by atoms with Crippen LogP contribution in [0.15, 0.2) is 80.2 Å². The van der Waals surface area contributed by atoms with Crippen LogP contribution in [0.1, 0.15) is 291 Å². The van der Waals surface area contributed by atoms with Gasteiger partial charge in [-0.1, -0.05) is 232 Å². The SMILES string of the molecule is CCCCCc1cc(CCCCC)c(S(OS(=O)(=O)c2ccc(C)cc2)(c2c(CCCCC)cc(CCCCC)cc2CCCCC)c2c(CCCCC)cc(CCCCC)cc2CCCCC)c(CCCCC)c1. The number of aryl methyl sites for hydroxylation is 10. The van der Waals surface area contributed by atoms with Crippen LogP contribution in [-0.4, -0.2) is 8.42 Å². The lowest BCUT2D eigenvalue weighted by atomic mass is 9.94. The third-order valence-corrected chi connectivity index (χ3v) is 21.5. The normalized spacial score (nSPS) is 12.3. The molecule has 0 aliphatic rings. The first-order valence-corrected chi connectivity index (χ1v) is 34.8. The van der Waals surface area contributed by atoms with Crippen molar-refractivity contribution in [3.63, 3.8) is 0 Å². The molecule has 4 rings (SSSR count). The fourth-order valence-corrected chi connectivity index (χ4v) is 18.0. The third-order valence-electron chi connectivity index (χ3n) is 15.8.